The molecule has 0 spiro atoms. The molecule has 0 saturated carbocycles. The van der Waals surface area contributed by atoms with E-state index in [0.29, 0.717) is 0 Å². The van der Waals surface area contributed by atoms with Crippen LogP contribution in [0, 0.1) is 0 Å². The third-order valence-electron chi connectivity index (χ3n) is 0. The van der Waals surface area contributed by atoms with Crippen molar-refractivity contribution in [2.75, 3.05) is 0 Å². The van der Waals surface area contributed by atoms with Crippen LogP contribution in [0.5, 0.6) is 0 Å². The summed E-state index contributed by atoms with van der Waals surface area (Å²) in [6.45, 7) is 0. The van der Waals surface area contributed by atoms with E-state index in [4.69, 9.17) is 225 Å². The van der Waals surface area contributed by atoms with Crippen LogP contribution >= 0.6 is 0 Å². The van der Waals surface area contributed by atoms with Gasteiger partial charge in [-0.15, -0.1) is 0 Å². The Morgan fingerprint density at radius 1 is 0.103 bits per heavy atom. The summed E-state index contributed by atoms with van der Waals surface area (Å²) in [5.74, 6) is 0. The summed E-state index contributed by atoms with van der Waals surface area (Å²) < 4.78 is 136. The van der Waals surface area contributed by atoms with Crippen LogP contribution in [0.25, 0.3) is 0 Å². The molecule has 0 N–H and O–H groups in total. The molecule has 0 aliphatic rings. The van der Waals surface area contributed by atoms with E-state index in [1.807, 2.05) is 0 Å². The van der Waals surface area contributed by atoms with Gasteiger partial charge in [-0.25, -0.2) is 0 Å². The van der Waals surface area contributed by atoms with Crippen molar-refractivity contribution in [2.24, 2.45) is 0 Å². The fourth-order valence-electron chi connectivity index (χ4n) is 0. The Kier molecular flexibility index (Phi) is 492. The van der Waals surface area contributed by atoms with E-state index in [1.165, 1.54) is 0 Å². The van der Waals surface area contributed by atoms with E-state index < -0.39 is 147 Å². The topological polar surface area (TPSA) is 1010 Å². The Hall–Kier alpha value is 1.88. The van der Waals surface area contributed by atoms with Gasteiger partial charge in [-0.3, -0.25) is 0 Å². The van der Waals surface area contributed by atoms with Gasteiger partial charge in [-0.05, 0) is 0 Å². The molecule has 0 unspecified atom stereocenters. The van der Waals surface area contributed by atoms with Crippen LogP contribution in [-0.4, -0.2) is 216 Å². The minimum absolute atomic E-state index is 0. The van der Waals surface area contributed by atoms with Crippen LogP contribution in [0.3, 0.4) is 0 Å². The first kappa shape index (κ1) is 200. The molecule has 78 heteroatoms. The average molecular weight is 1900 g/mol. The monoisotopic (exact) mass is 1900 g/mol. The quantitative estimate of drug-likeness (QED) is 0.203. The molecule has 48 nitrogen and oxygen atoms in total. The summed E-state index contributed by atoms with van der Waals surface area (Å²) in [6, 6.07) is 0. The standard InChI is InChI=1S/11Fe.3Mg.16O3Si/c;;;;;;;;;;;;;;16*1-4(2)3/q14*+2;16*-2. The van der Waals surface area contributed by atoms with Gasteiger partial charge >= 0.3 is 257 Å². The van der Waals surface area contributed by atoms with E-state index in [0.717, 1.165) is 0 Å². The summed E-state index contributed by atoms with van der Waals surface area (Å²) in [4.78, 5) is 273. The first-order valence-electron chi connectivity index (χ1n) is 9.80. The van der Waals surface area contributed by atoms with Gasteiger partial charge in [0, 0.05) is 147 Å². The summed E-state index contributed by atoms with van der Waals surface area (Å²) in [5.41, 5.74) is 0. The largest absolute Gasteiger partial charge is 2.00 e. The molecule has 0 saturated heterocycles. The molecule has 0 heterocycles. The summed E-state index contributed by atoms with van der Waals surface area (Å²) in [5, 5.41) is 0. The normalized spacial score (nSPS) is 4.92. The van der Waals surface area contributed by atoms with Gasteiger partial charge in [0.2, 0.25) is 0 Å². The van der Waals surface area contributed by atoms with Gasteiger partial charge in [0.15, 0.2) is 0 Å². The third-order valence-corrected chi connectivity index (χ3v) is 0. The minimum Gasteiger partial charge on any atom is -0.672 e. The van der Waals surface area contributed by atoms with E-state index in [1.54, 1.807) is 0 Å². The fraction of sp³-hybridized carbons (Fsp3) is 0. The van der Waals surface area contributed by atoms with Gasteiger partial charge in [-0.2, -0.15) is 0 Å². The van der Waals surface area contributed by atoms with Gasteiger partial charge < -0.3 is 225 Å². The molecule has 0 aromatic carbocycles. The van der Waals surface area contributed by atoms with Crippen LogP contribution in [0.1, 0.15) is 0 Å². The van der Waals surface area contributed by atoms with Crippen LogP contribution < -0.4 is 153 Å². The first-order valence-corrected chi connectivity index (χ1v) is 29.4. The molecule has 0 radical (unpaired) electrons. The van der Waals surface area contributed by atoms with Crippen molar-refractivity contribution in [1.82, 2.24) is 0 Å². The Morgan fingerprint density at radius 3 is 0.103 bits per heavy atom. The summed E-state index contributed by atoms with van der Waals surface area (Å²) >= 11 is 0. The number of rotatable bonds is 0. The number of hydrogen-bond acceptors (Lipinski definition) is 48. The smallest absolute Gasteiger partial charge is 0.672 e. The second-order valence-electron chi connectivity index (χ2n) is 4.00. The molecule has 78 heavy (non-hydrogen) atoms. The molecule has 0 amide bonds. The molecule has 0 aliphatic carbocycles. The van der Waals surface area contributed by atoms with Crippen molar-refractivity contribution < 1.29 is 413 Å². The molecule has 0 bridgehead atoms. The molecule has 0 aromatic rings. The Labute approximate surface area is 619 Å². The molecule has 0 aromatic heterocycles. The fourth-order valence-corrected chi connectivity index (χ4v) is 0. The van der Waals surface area contributed by atoms with Crippen molar-refractivity contribution in [3.05, 3.63) is 0 Å². The molecule has 0 atom stereocenters. The van der Waals surface area contributed by atoms with Crippen molar-refractivity contribution in [3.8, 4) is 0 Å². The van der Waals surface area contributed by atoms with Gasteiger partial charge in [-0.1, -0.05) is 0 Å². The SMILES string of the molecule is O=[Si]([O-])[O-].O=[Si]([O-])[O-].O=[Si]([O-])[O-].O=[Si]([O-])[O-].O=[Si]([O-])[O-].O=[Si]([O-])[O-].O=[Si]([O-])[O-].O=[Si]([O-])[O-].O=[Si]([O-])[O-].O=[Si]([O-])[O-].O=[Si]([O-])[O-].O=[Si]([O-])[O-].O=[Si]([O-])[O-].O=[Si]([O-])[O-].O=[Si]([O-])[O-].O=[Si]([O-])[O-].[Fe+2].[Fe+2].[Fe+2].[Fe+2].[Fe+2].[Fe+2].[Fe+2].[Fe+2].[Fe+2].[Fe+2].[Fe+2].[Mg+2].[Mg+2].[Mg+2]. The molecular formula is Fe11Mg3O48Si16-4. The molecule has 0 rings (SSSR count). The van der Waals surface area contributed by atoms with E-state index in [-0.39, 0.29) is 257 Å². The van der Waals surface area contributed by atoms with Crippen molar-refractivity contribution in [2.45, 2.75) is 0 Å². The van der Waals surface area contributed by atoms with Crippen LogP contribution in [0.15, 0.2) is 0 Å². The predicted molar refractivity (Wildman–Crippen MR) is 120 cm³/mol. The van der Waals surface area contributed by atoms with Gasteiger partial charge in [0.05, 0.1) is 0 Å². The zero-order chi connectivity index (χ0) is 57.2. The van der Waals surface area contributed by atoms with Crippen LogP contribution in [-0.2, 0) is 259 Å². The Morgan fingerprint density at radius 2 is 0.103 bits per heavy atom. The average Bonchev–Trinajstić information content (AvgIpc) is 2.83. The maximum atomic E-state index is 8.52. The van der Waals surface area contributed by atoms with Crippen molar-refractivity contribution in [1.29, 1.82) is 0 Å². The van der Waals surface area contributed by atoms with Crippen molar-refractivity contribution in [3.63, 3.8) is 0 Å². The molecular weight excluding hydrogens is 1900 g/mol. The number of hydrogen-bond donors (Lipinski definition) is 0. The van der Waals surface area contributed by atoms with Crippen molar-refractivity contribution >= 4 is 216 Å². The van der Waals surface area contributed by atoms with Gasteiger partial charge in [0.1, 0.15) is 0 Å². The van der Waals surface area contributed by atoms with E-state index >= 15 is 0 Å². The zero-order valence-corrected chi connectivity index (χ0v) is 66.0. The Bertz CT molecular complexity index is 868. The minimum atomic E-state index is -3.63. The maximum Gasteiger partial charge on any atom is 2.00 e. The Balaban J connectivity index is -0.0000000111. The summed E-state index contributed by atoms with van der Waals surface area (Å²) in [6.07, 6.45) is 0. The van der Waals surface area contributed by atoms with Crippen LogP contribution in [0.2, 0.25) is 0 Å². The summed E-state index contributed by atoms with van der Waals surface area (Å²) in [7, 11) is -58.1. The molecule has 0 fully saturated rings. The second-order valence-corrected chi connectivity index (χ2v) is 12.0. The molecule has 0 aliphatic heterocycles. The zero-order valence-electron chi connectivity index (χ0n) is 33.6. The first-order chi connectivity index (χ1) is 27.7. The van der Waals surface area contributed by atoms with Crippen LogP contribution in [0.4, 0.5) is 0 Å². The third kappa shape index (κ3) is 130000. The van der Waals surface area contributed by atoms with E-state index in [9.17, 15) is 0 Å². The maximum absolute atomic E-state index is 8.52. The molecule has 450 valence electrons. The van der Waals surface area contributed by atoms with Gasteiger partial charge in [0.25, 0.3) is 0 Å². The second kappa shape index (κ2) is 192. The predicted octanol–water partition coefficient (Wildman–Crippen LogP) is -47.2. The van der Waals surface area contributed by atoms with E-state index in [2.05, 4.69) is 0 Å².